The summed E-state index contributed by atoms with van der Waals surface area (Å²) < 4.78 is 21.0. The Labute approximate surface area is 139 Å². The van der Waals surface area contributed by atoms with Crippen LogP contribution in [0.2, 0.25) is 5.02 Å². The van der Waals surface area contributed by atoms with Crippen LogP contribution in [0.1, 0.15) is 15.9 Å². The maximum Gasteiger partial charge on any atom is 0.342 e. The van der Waals surface area contributed by atoms with Gasteiger partial charge in [0.05, 0.1) is 21.3 Å². The van der Waals surface area contributed by atoms with Gasteiger partial charge in [-0.3, -0.25) is 0 Å². The second-order valence-corrected chi connectivity index (χ2v) is 5.02. The SMILES string of the molecule is COc1ccc(C(=O)OCc2ccc(Cl)cc2)c(OC)c1OC. The summed E-state index contributed by atoms with van der Waals surface area (Å²) in [6.07, 6.45) is 0. The van der Waals surface area contributed by atoms with E-state index in [9.17, 15) is 4.79 Å². The van der Waals surface area contributed by atoms with Gasteiger partial charge in [0.2, 0.25) is 5.75 Å². The number of benzene rings is 2. The highest BCUT2D eigenvalue weighted by atomic mass is 35.5. The Morgan fingerprint density at radius 3 is 2.13 bits per heavy atom. The van der Waals surface area contributed by atoms with Crippen molar-refractivity contribution in [1.82, 2.24) is 0 Å². The van der Waals surface area contributed by atoms with Crippen LogP contribution in [0.25, 0.3) is 0 Å². The molecule has 0 fully saturated rings. The van der Waals surface area contributed by atoms with Crippen LogP contribution in [-0.2, 0) is 11.3 Å². The van der Waals surface area contributed by atoms with Gasteiger partial charge in [-0.25, -0.2) is 4.79 Å². The van der Waals surface area contributed by atoms with E-state index in [4.69, 9.17) is 30.5 Å². The normalized spacial score (nSPS) is 10.1. The Bertz CT molecular complexity index is 682. The summed E-state index contributed by atoms with van der Waals surface area (Å²) in [4.78, 5) is 12.3. The summed E-state index contributed by atoms with van der Waals surface area (Å²) in [6, 6.07) is 10.3. The highest BCUT2D eigenvalue weighted by molar-refractivity contribution is 6.30. The summed E-state index contributed by atoms with van der Waals surface area (Å²) in [7, 11) is 4.44. The van der Waals surface area contributed by atoms with Gasteiger partial charge < -0.3 is 18.9 Å². The van der Waals surface area contributed by atoms with E-state index in [2.05, 4.69) is 0 Å². The van der Waals surface area contributed by atoms with Crippen LogP contribution in [0, 0.1) is 0 Å². The third-order valence-electron chi connectivity index (χ3n) is 3.21. The second kappa shape index (κ2) is 7.74. The number of hydrogen-bond donors (Lipinski definition) is 0. The van der Waals surface area contributed by atoms with E-state index in [0.717, 1.165) is 5.56 Å². The minimum Gasteiger partial charge on any atom is -0.493 e. The van der Waals surface area contributed by atoms with Crippen molar-refractivity contribution < 1.29 is 23.7 Å². The Morgan fingerprint density at radius 1 is 0.913 bits per heavy atom. The largest absolute Gasteiger partial charge is 0.493 e. The molecule has 122 valence electrons. The van der Waals surface area contributed by atoms with E-state index in [1.54, 1.807) is 36.4 Å². The number of esters is 1. The molecule has 0 amide bonds. The molecular weight excluding hydrogens is 320 g/mol. The van der Waals surface area contributed by atoms with Crippen LogP contribution in [-0.4, -0.2) is 27.3 Å². The molecule has 0 N–H and O–H groups in total. The molecule has 2 aromatic carbocycles. The molecule has 23 heavy (non-hydrogen) atoms. The van der Waals surface area contributed by atoms with Crippen molar-refractivity contribution >= 4 is 17.6 Å². The molecule has 0 heterocycles. The smallest absolute Gasteiger partial charge is 0.342 e. The van der Waals surface area contributed by atoms with Crippen LogP contribution in [0.5, 0.6) is 17.2 Å². The van der Waals surface area contributed by atoms with Crippen LogP contribution >= 0.6 is 11.6 Å². The highest BCUT2D eigenvalue weighted by Gasteiger charge is 2.21. The summed E-state index contributed by atoms with van der Waals surface area (Å²) in [5.74, 6) is 0.570. The first-order chi connectivity index (χ1) is 11.1. The average molecular weight is 337 g/mol. The summed E-state index contributed by atoms with van der Waals surface area (Å²) in [6.45, 7) is 0.132. The van der Waals surface area contributed by atoms with E-state index >= 15 is 0 Å². The molecule has 0 spiro atoms. The minimum atomic E-state index is -0.516. The van der Waals surface area contributed by atoms with Gasteiger partial charge in [-0.15, -0.1) is 0 Å². The summed E-state index contributed by atoms with van der Waals surface area (Å²) in [5.41, 5.74) is 1.10. The zero-order valence-electron chi connectivity index (χ0n) is 13.1. The first-order valence-corrected chi connectivity index (χ1v) is 7.19. The fourth-order valence-electron chi connectivity index (χ4n) is 2.07. The first-order valence-electron chi connectivity index (χ1n) is 6.81. The molecule has 5 nitrogen and oxygen atoms in total. The maximum absolute atomic E-state index is 12.3. The Kier molecular flexibility index (Phi) is 5.71. The van der Waals surface area contributed by atoms with Gasteiger partial charge in [-0.05, 0) is 29.8 Å². The molecule has 0 saturated carbocycles. The number of ether oxygens (including phenoxy) is 4. The van der Waals surface area contributed by atoms with Crippen LogP contribution in [0.4, 0.5) is 0 Å². The van der Waals surface area contributed by atoms with E-state index in [-0.39, 0.29) is 17.9 Å². The molecule has 0 saturated heterocycles. The lowest BCUT2D eigenvalue weighted by atomic mass is 10.1. The van der Waals surface area contributed by atoms with Crippen molar-refractivity contribution in [3.8, 4) is 17.2 Å². The topological polar surface area (TPSA) is 54.0 Å². The molecule has 2 rings (SSSR count). The van der Waals surface area contributed by atoms with E-state index in [1.807, 2.05) is 0 Å². The van der Waals surface area contributed by atoms with Crippen molar-refractivity contribution in [2.45, 2.75) is 6.61 Å². The number of methoxy groups -OCH3 is 3. The predicted molar refractivity (Wildman–Crippen MR) is 86.7 cm³/mol. The van der Waals surface area contributed by atoms with Gasteiger partial charge in [-0.2, -0.15) is 0 Å². The second-order valence-electron chi connectivity index (χ2n) is 4.58. The summed E-state index contributed by atoms with van der Waals surface area (Å²) >= 11 is 5.82. The van der Waals surface area contributed by atoms with Gasteiger partial charge >= 0.3 is 5.97 Å². The Hall–Kier alpha value is -2.40. The number of hydrogen-bond acceptors (Lipinski definition) is 5. The molecule has 0 unspecified atom stereocenters. The van der Waals surface area contributed by atoms with Crippen LogP contribution < -0.4 is 14.2 Å². The third kappa shape index (κ3) is 3.87. The molecular formula is C17H17ClO5. The van der Waals surface area contributed by atoms with E-state index < -0.39 is 5.97 Å². The fourth-order valence-corrected chi connectivity index (χ4v) is 2.20. The van der Waals surface area contributed by atoms with E-state index in [0.29, 0.717) is 16.5 Å². The molecule has 0 aliphatic rings. The van der Waals surface area contributed by atoms with Gasteiger partial charge in [0, 0.05) is 5.02 Å². The molecule has 0 aromatic heterocycles. The lowest BCUT2D eigenvalue weighted by molar-refractivity contribution is 0.0468. The highest BCUT2D eigenvalue weighted by Crippen LogP contribution is 2.40. The predicted octanol–water partition coefficient (Wildman–Crippen LogP) is 3.72. The molecule has 0 radical (unpaired) electrons. The Balaban J connectivity index is 2.20. The zero-order valence-corrected chi connectivity index (χ0v) is 13.8. The van der Waals surface area contributed by atoms with E-state index in [1.165, 1.54) is 21.3 Å². The number of carbonyl (C=O) groups excluding carboxylic acids is 1. The molecule has 0 aliphatic heterocycles. The quantitative estimate of drug-likeness (QED) is 0.752. The Morgan fingerprint density at radius 2 is 1.57 bits per heavy atom. The monoisotopic (exact) mass is 336 g/mol. The van der Waals surface area contributed by atoms with Crippen molar-refractivity contribution in [1.29, 1.82) is 0 Å². The number of halogens is 1. The van der Waals surface area contributed by atoms with Crippen LogP contribution in [0.15, 0.2) is 36.4 Å². The third-order valence-corrected chi connectivity index (χ3v) is 3.46. The number of rotatable bonds is 6. The standard InChI is InChI=1S/C17H17ClO5/c1-20-14-9-8-13(15(21-2)16(14)22-3)17(19)23-10-11-4-6-12(18)7-5-11/h4-9H,10H2,1-3H3. The summed E-state index contributed by atoms with van der Waals surface area (Å²) in [5, 5.41) is 0.627. The number of carbonyl (C=O) groups is 1. The minimum absolute atomic E-state index is 0.132. The average Bonchev–Trinajstić information content (AvgIpc) is 2.59. The van der Waals surface area contributed by atoms with Crippen molar-refractivity contribution in [2.24, 2.45) is 0 Å². The molecule has 0 atom stereocenters. The van der Waals surface area contributed by atoms with Crippen molar-refractivity contribution in [2.75, 3.05) is 21.3 Å². The molecule has 0 aliphatic carbocycles. The maximum atomic E-state index is 12.3. The van der Waals surface area contributed by atoms with Gasteiger partial charge in [0.25, 0.3) is 0 Å². The van der Waals surface area contributed by atoms with Crippen LogP contribution in [0.3, 0.4) is 0 Å². The molecule has 6 heteroatoms. The zero-order chi connectivity index (χ0) is 16.8. The van der Waals surface area contributed by atoms with Gasteiger partial charge in [0.1, 0.15) is 12.2 Å². The van der Waals surface area contributed by atoms with Gasteiger partial charge in [0.15, 0.2) is 11.5 Å². The molecule has 2 aromatic rings. The first kappa shape index (κ1) is 17.0. The van der Waals surface area contributed by atoms with Gasteiger partial charge in [-0.1, -0.05) is 23.7 Å². The lowest BCUT2D eigenvalue weighted by Crippen LogP contribution is -2.08. The lowest BCUT2D eigenvalue weighted by Gasteiger charge is -2.15. The fraction of sp³-hybridized carbons (Fsp3) is 0.235. The molecule has 0 bridgehead atoms. The van der Waals surface area contributed by atoms with Crippen molar-refractivity contribution in [3.05, 3.63) is 52.5 Å². The van der Waals surface area contributed by atoms with Crippen molar-refractivity contribution in [3.63, 3.8) is 0 Å².